The van der Waals surface area contributed by atoms with E-state index in [2.05, 4.69) is 83.1 Å². The van der Waals surface area contributed by atoms with Gasteiger partial charge >= 0.3 is 7.12 Å². The maximum absolute atomic E-state index is 6.11. The largest absolute Gasteiger partial charge is 0.494 e. The van der Waals surface area contributed by atoms with Gasteiger partial charge in [0.15, 0.2) is 0 Å². The summed E-state index contributed by atoms with van der Waals surface area (Å²) in [5, 5.41) is 0. The molecule has 0 unspecified atom stereocenters. The molecule has 0 saturated carbocycles. The number of hydrogen-bond donors (Lipinski definition) is 0. The van der Waals surface area contributed by atoms with Crippen molar-refractivity contribution in [3.05, 3.63) is 59.7 Å². The van der Waals surface area contributed by atoms with E-state index < -0.39 is 0 Å². The standard InChI is InChI=1S/C20H25BO2S/c1-15-7-6-8-18(13-15)24-14-16-9-11-17(12-10-16)21-22-19(2,3)20(4,5)23-21/h6-13H,14H2,1-5H3. The van der Waals surface area contributed by atoms with Crippen LogP contribution >= 0.6 is 11.8 Å². The molecule has 126 valence electrons. The monoisotopic (exact) mass is 340 g/mol. The summed E-state index contributed by atoms with van der Waals surface area (Å²) >= 11 is 1.86. The van der Waals surface area contributed by atoms with Gasteiger partial charge in [-0.1, -0.05) is 42.0 Å². The van der Waals surface area contributed by atoms with Crippen molar-refractivity contribution in [2.75, 3.05) is 0 Å². The summed E-state index contributed by atoms with van der Waals surface area (Å²) in [5.74, 6) is 0.965. The molecule has 0 atom stereocenters. The maximum Gasteiger partial charge on any atom is 0.494 e. The minimum atomic E-state index is -0.294. The van der Waals surface area contributed by atoms with E-state index >= 15 is 0 Å². The molecule has 0 aromatic heterocycles. The zero-order chi connectivity index (χ0) is 17.4. The van der Waals surface area contributed by atoms with Gasteiger partial charge in [0.2, 0.25) is 0 Å². The van der Waals surface area contributed by atoms with Gasteiger partial charge in [-0.05, 0) is 57.8 Å². The predicted octanol–water partition coefficient (Wildman–Crippen LogP) is 4.59. The van der Waals surface area contributed by atoms with Crippen LogP contribution in [0.5, 0.6) is 0 Å². The highest BCUT2D eigenvalue weighted by Gasteiger charge is 2.51. The number of thioether (sulfide) groups is 1. The van der Waals surface area contributed by atoms with Crippen LogP contribution in [-0.4, -0.2) is 18.3 Å². The van der Waals surface area contributed by atoms with Crippen molar-refractivity contribution in [1.82, 2.24) is 0 Å². The molecule has 0 N–H and O–H groups in total. The van der Waals surface area contributed by atoms with Crippen molar-refractivity contribution < 1.29 is 9.31 Å². The van der Waals surface area contributed by atoms with Gasteiger partial charge < -0.3 is 9.31 Å². The lowest BCUT2D eigenvalue weighted by molar-refractivity contribution is 0.00578. The number of rotatable bonds is 4. The first-order valence-electron chi connectivity index (χ1n) is 8.41. The Morgan fingerprint density at radius 3 is 2.12 bits per heavy atom. The van der Waals surface area contributed by atoms with E-state index in [9.17, 15) is 0 Å². The average molecular weight is 340 g/mol. The molecule has 4 heteroatoms. The van der Waals surface area contributed by atoms with Crippen LogP contribution in [0.25, 0.3) is 0 Å². The van der Waals surface area contributed by atoms with E-state index in [1.807, 2.05) is 11.8 Å². The van der Waals surface area contributed by atoms with Crippen molar-refractivity contribution in [3.63, 3.8) is 0 Å². The lowest BCUT2D eigenvalue weighted by atomic mass is 9.79. The molecule has 1 heterocycles. The molecule has 24 heavy (non-hydrogen) atoms. The minimum Gasteiger partial charge on any atom is -0.399 e. The summed E-state index contributed by atoms with van der Waals surface area (Å²) in [5.41, 5.74) is 3.10. The van der Waals surface area contributed by atoms with Crippen molar-refractivity contribution in [3.8, 4) is 0 Å². The van der Waals surface area contributed by atoms with Crippen LogP contribution in [0.3, 0.4) is 0 Å². The first-order valence-corrected chi connectivity index (χ1v) is 9.39. The Labute approximate surface area is 150 Å². The predicted molar refractivity (Wildman–Crippen MR) is 103 cm³/mol. The molecule has 1 fully saturated rings. The van der Waals surface area contributed by atoms with E-state index in [1.54, 1.807) is 0 Å². The summed E-state index contributed by atoms with van der Waals surface area (Å²) in [7, 11) is -0.284. The van der Waals surface area contributed by atoms with E-state index in [0.717, 1.165) is 11.2 Å². The van der Waals surface area contributed by atoms with Gasteiger partial charge in [-0.2, -0.15) is 0 Å². The minimum absolute atomic E-state index is 0.284. The molecule has 1 aliphatic rings. The molecule has 1 aliphatic heterocycles. The lowest BCUT2D eigenvalue weighted by Gasteiger charge is -2.32. The Morgan fingerprint density at radius 2 is 1.54 bits per heavy atom. The SMILES string of the molecule is Cc1cccc(SCc2ccc(B3OC(C)(C)C(C)(C)O3)cc2)c1. The van der Waals surface area contributed by atoms with Crippen LogP contribution in [0, 0.1) is 6.92 Å². The third-order valence-corrected chi connectivity index (χ3v) is 5.97. The highest BCUT2D eigenvalue weighted by Crippen LogP contribution is 2.36. The second kappa shape index (κ2) is 6.59. The highest BCUT2D eigenvalue weighted by atomic mass is 32.2. The Hall–Kier alpha value is -1.23. The molecule has 0 bridgehead atoms. The summed E-state index contributed by atoms with van der Waals surface area (Å²) < 4.78 is 12.2. The second-order valence-electron chi connectivity index (χ2n) is 7.44. The Bertz CT molecular complexity index is 694. The molecule has 0 aliphatic carbocycles. The van der Waals surface area contributed by atoms with Crippen LogP contribution in [0.15, 0.2) is 53.4 Å². The number of hydrogen-bond acceptors (Lipinski definition) is 3. The van der Waals surface area contributed by atoms with Gasteiger partial charge in [-0.25, -0.2) is 0 Å². The molecular formula is C20H25BO2S. The van der Waals surface area contributed by atoms with Crippen molar-refractivity contribution in [2.24, 2.45) is 0 Å². The topological polar surface area (TPSA) is 18.5 Å². The Kier molecular flexibility index (Phi) is 4.83. The van der Waals surface area contributed by atoms with Crippen LogP contribution in [0.1, 0.15) is 38.8 Å². The van der Waals surface area contributed by atoms with Gasteiger partial charge in [-0.15, -0.1) is 11.8 Å². The quantitative estimate of drug-likeness (QED) is 0.599. The fraction of sp³-hybridized carbons (Fsp3) is 0.400. The Balaban J connectivity index is 1.64. The first-order chi connectivity index (χ1) is 11.3. The van der Waals surface area contributed by atoms with E-state index in [-0.39, 0.29) is 18.3 Å². The van der Waals surface area contributed by atoms with Gasteiger partial charge in [-0.3, -0.25) is 0 Å². The van der Waals surface area contributed by atoms with E-state index in [1.165, 1.54) is 16.0 Å². The molecular weight excluding hydrogens is 315 g/mol. The third kappa shape index (κ3) is 3.71. The van der Waals surface area contributed by atoms with E-state index in [4.69, 9.17) is 9.31 Å². The molecule has 1 saturated heterocycles. The number of benzene rings is 2. The average Bonchev–Trinajstić information content (AvgIpc) is 2.74. The summed E-state index contributed by atoms with van der Waals surface area (Å²) in [4.78, 5) is 1.31. The fourth-order valence-corrected chi connectivity index (χ4v) is 3.59. The van der Waals surface area contributed by atoms with Crippen LogP contribution in [-0.2, 0) is 15.1 Å². The normalized spacial score (nSPS) is 18.8. The van der Waals surface area contributed by atoms with Gasteiger partial charge in [0.1, 0.15) is 0 Å². The maximum atomic E-state index is 6.11. The van der Waals surface area contributed by atoms with Gasteiger partial charge in [0, 0.05) is 10.6 Å². The second-order valence-corrected chi connectivity index (χ2v) is 8.48. The third-order valence-electron chi connectivity index (χ3n) is 4.90. The Morgan fingerprint density at radius 1 is 0.917 bits per heavy atom. The molecule has 0 spiro atoms. The highest BCUT2D eigenvalue weighted by molar-refractivity contribution is 7.98. The first kappa shape index (κ1) is 17.6. The molecule has 2 aromatic rings. The molecule has 2 nitrogen and oxygen atoms in total. The van der Waals surface area contributed by atoms with Crippen molar-refractivity contribution in [2.45, 2.75) is 56.5 Å². The van der Waals surface area contributed by atoms with Crippen molar-refractivity contribution >= 4 is 24.3 Å². The van der Waals surface area contributed by atoms with E-state index in [0.29, 0.717) is 0 Å². The molecule has 2 aromatic carbocycles. The zero-order valence-corrected chi connectivity index (χ0v) is 15.9. The van der Waals surface area contributed by atoms with Crippen LogP contribution in [0.4, 0.5) is 0 Å². The smallest absolute Gasteiger partial charge is 0.399 e. The lowest BCUT2D eigenvalue weighted by Crippen LogP contribution is -2.41. The summed E-state index contributed by atoms with van der Waals surface area (Å²) in [6.07, 6.45) is 0. The van der Waals surface area contributed by atoms with Gasteiger partial charge in [0.05, 0.1) is 11.2 Å². The summed E-state index contributed by atoms with van der Waals surface area (Å²) in [6.45, 7) is 10.5. The molecule has 0 amide bonds. The van der Waals surface area contributed by atoms with Gasteiger partial charge in [0.25, 0.3) is 0 Å². The van der Waals surface area contributed by atoms with Crippen LogP contribution < -0.4 is 5.46 Å². The molecule has 0 radical (unpaired) electrons. The van der Waals surface area contributed by atoms with Crippen molar-refractivity contribution in [1.29, 1.82) is 0 Å². The zero-order valence-electron chi connectivity index (χ0n) is 15.1. The summed E-state index contributed by atoms with van der Waals surface area (Å²) in [6, 6.07) is 17.2. The van der Waals surface area contributed by atoms with Crippen LogP contribution in [0.2, 0.25) is 0 Å². The molecule has 3 rings (SSSR count). The fourth-order valence-electron chi connectivity index (χ4n) is 2.62. The number of aryl methyl sites for hydroxylation is 1.